The van der Waals surface area contributed by atoms with E-state index in [-0.39, 0.29) is 19.0 Å². The number of hydrogen-bond acceptors (Lipinski definition) is 4. The summed E-state index contributed by atoms with van der Waals surface area (Å²) >= 11 is 0. The summed E-state index contributed by atoms with van der Waals surface area (Å²) in [6, 6.07) is 0. The normalized spacial score (nSPS) is 27.1. The maximum absolute atomic E-state index is 12.3. The maximum atomic E-state index is 12.3. The molecule has 1 fully saturated rings. The summed E-state index contributed by atoms with van der Waals surface area (Å²) in [4.78, 5) is 11.8. The minimum atomic E-state index is -3.39. The summed E-state index contributed by atoms with van der Waals surface area (Å²) in [5.41, 5.74) is 4.88. The number of carbonyl (C=O) groups excluding carboxylic acids is 1. The van der Waals surface area contributed by atoms with Crippen molar-refractivity contribution in [1.29, 1.82) is 0 Å². The second-order valence-electron chi connectivity index (χ2n) is 5.03. The minimum Gasteiger partial charge on any atom is -0.359 e. The Morgan fingerprint density at radius 1 is 1.56 bits per heavy atom. The van der Waals surface area contributed by atoms with E-state index >= 15 is 0 Å². The van der Waals surface area contributed by atoms with E-state index in [1.807, 2.05) is 6.92 Å². The monoisotopic (exact) mass is 277 g/mol. The molecule has 1 amide bonds. The van der Waals surface area contributed by atoms with E-state index in [1.54, 1.807) is 14.0 Å². The molecule has 2 atom stereocenters. The molecule has 1 heterocycles. The Morgan fingerprint density at radius 2 is 2.17 bits per heavy atom. The molecule has 7 heteroatoms. The van der Waals surface area contributed by atoms with E-state index in [2.05, 4.69) is 5.32 Å². The number of hydrogen-bond donors (Lipinski definition) is 2. The fourth-order valence-electron chi connectivity index (χ4n) is 2.33. The molecular weight excluding hydrogens is 254 g/mol. The van der Waals surface area contributed by atoms with Crippen molar-refractivity contribution in [3.63, 3.8) is 0 Å². The van der Waals surface area contributed by atoms with Crippen LogP contribution in [0.25, 0.3) is 0 Å². The molecule has 3 N–H and O–H groups in total. The highest BCUT2D eigenvalue weighted by Gasteiger charge is 2.45. The van der Waals surface area contributed by atoms with Crippen LogP contribution in [-0.2, 0) is 14.8 Å². The van der Waals surface area contributed by atoms with Crippen LogP contribution in [-0.4, -0.2) is 50.6 Å². The van der Waals surface area contributed by atoms with Crippen LogP contribution >= 0.6 is 0 Å². The predicted molar refractivity (Wildman–Crippen MR) is 70.4 cm³/mol. The smallest absolute Gasteiger partial charge is 0.227 e. The van der Waals surface area contributed by atoms with E-state index in [0.29, 0.717) is 19.4 Å². The van der Waals surface area contributed by atoms with Gasteiger partial charge in [-0.2, -0.15) is 0 Å². The van der Waals surface area contributed by atoms with E-state index in [9.17, 15) is 13.2 Å². The molecule has 0 saturated carbocycles. The van der Waals surface area contributed by atoms with Gasteiger partial charge in [0, 0.05) is 26.7 Å². The zero-order chi connectivity index (χ0) is 14.0. The summed E-state index contributed by atoms with van der Waals surface area (Å²) in [6.07, 6.45) is 1.04. The lowest BCUT2D eigenvalue weighted by Gasteiger charge is -2.25. The Labute approximate surface area is 109 Å². The molecule has 1 aliphatic heterocycles. The lowest BCUT2D eigenvalue weighted by atomic mass is 9.89. The zero-order valence-corrected chi connectivity index (χ0v) is 12.1. The predicted octanol–water partition coefficient (Wildman–Crippen LogP) is -0.488. The Kier molecular flexibility index (Phi) is 4.74. The number of nitrogens with one attached hydrogen (secondary N) is 1. The molecule has 1 rings (SSSR count). The average molecular weight is 277 g/mol. The first-order valence-electron chi connectivity index (χ1n) is 6.23. The molecule has 0 spiro atoms. The third-order valence-corrected chi connectivity index (χ3v) is 6.11. The lowest BCUT2D eigenvalue weighted by molar-refractivity contribution is -0.128. The molecular formula is C11H23N3O3S. The van der Waals surface area contributed by atoms with Crippen molar-refractivity contribution in [3.8, 4) is 0 Å². The van der Waals surface area contributed by atoms with Crippen LogP contribution in [0.3, 0.4) is 0 Å². The molecule has 0 radical (unpaired) electrons. The number of sulfonamides is 1. The van der Waals surface area contributed by atoms with Crippen molar-refractivity contribution in [2.45, 2.75) is 31.9 Å². The second kappa shape index (κ2) is 5.54. The fraction of sp³-hybridized carbons (Fsp3) is 0.909. The zero-order valence-electron chi connectivity index (χ0n) is 11.3. The Balaban J connectivity index is 2.87. The molecule has 1 aliphatic rings. The van der Waals surface area contributed by atoms with Gasteiger partial charge in [-0.05, 0) is 19.8 Å². The molecule has 0 aromatic rings. The molecule has 0 aliphatic carbocycles. The van der Waals surface area contributed by atoms with Crippen LogP contribution in [0.1, 0.15) is 26.7 Å². The molecule has 1 saturated heterocycles. The topological polar surface area (TPSA) is 92.5 Å². The third-order valence-electron chi connectivity index (χ3n) is 3.71. The van der Waals surface area contributed by atoms with Gasteiger partial charge in [0.1, 0.15) is 0 Å². The van der Waals surface area contributed by atoms with Gasteiger partial charge in [0.25, 0.3) is 0 Å². The Hall–Kier alpha value is -0.660. The summed E-state index contributed by atoms with van der Waals surface area (Å²) in [5.74, 6) is -0.110. The molecule has 2 unspecified atom stereocenters. The van der Waals surface area contributed by atoms with Crippen molar-refractivity contribution in [2.24, 2.45) is 11.1 Å². The lowest BCUT2D eigenvalue weighted by Crippen LogP contribution is -2.44. The van der Waals surface area contributed by atoms with E-state index < -0.39 is 20.7 Å². The summed E-state index contributed by atoms with van der Waals surface area (Å²) in [5, 5.41) is 2.04. The quantitative estimate of drug-likeness (QED) is 0.709. The van der Waals surface area contributed by atoms with Gasteiger partial charge in [-0.25, -0.2) is 12.7 Å². The number of rotatable bonds is 5. The molecule has 0 aromatic heterocycles. The van der Waals surface area contributed by atoms with Crippen molar-refractivity contribution in [1.82, 2.24) is 9.62 Å². The largest absolute Gasteiger partial charge is 0.359 e. The SMILES string of the molecule is CCC(CN)S(=O)(=O)N1CCC(C)(C(=O)NC)C1. The third kappa shape index (κ3) is 2.67. The number of nitrogens with two attached hydrogens (primary N) is 1. The first-order valence-corrected chi connectivity index (χ1v) is 7.73. The summed E-state index contributed by atoms with van der Waals surface area (Å²) < 4.78 is 26.0. The summed E-state index contributed by atoms with van der Waals surface area (Å²) in [7, 11) is -1.82. The molecule has 106 valence electrons. The Bertz CT molecular complexity index is 406. The van der Waals surface area contributed by atoms with Gasteiger partial charge in [0.15, 0.2) is 0 Å². The Morgan fingerprint density at radius 3 is 2.61 bits per heavy atom. The highest BCUT2D eigenvalue weighted by Crippen LogP contribution is 2.32. The fourth-order valence-corrected chi connectivity index (χ4v) is 4.23. The van der Waals surface area contributed by atoms with E-state index in [4.69, 9.17) is 5.73 Å². The van der Waals surface area contributed by atoms with Crippen molar-refractivity contribution in [2.75, 3.05) is 26.7 Å². The van der Waals surface area contributed by atoms with E-state index in [1.165, 1.54) is 4.31 Å². The van der Waals surface area contributed by atoms with Crippen LogP contribution in [0.4, 0.5) is 0 Å². The van der Waals surface area contributed by atoms with Crippen LogP contribution < -0.4 is 11.1 Å². The average Bonchev–Trinajstić information content (AvgIpc) is 2.74. The van der Waals surface area contributed by atoms with Gasteiger partial charge >= 0.3 is 0 Å². The number of carbonyl (C=O) groups is 1. The van der Waals surface area contributed by atoms with Crippen molar-refractivity contribution >= 4 is 15.9 Å². The van der Waals surface area contributed by atoms with Gasteiger partial charge in [0.2, 0.25) is 15.9 Å². The van der Waals surface area contributed by atoms with Gasteiger partial charge in [-0.3, -0.25) is 4.79 Å². The molecule has 0 bridgehead atoms. The van der Waals surface area contributed by atoms with Crippen molar-refractivity contribution < 1.29 is 13.2 Å². The van der Waals surface area contributed by atoms with Gasteiger partial charge in [-0.1, -0.05) is 6.92 Å². The van der Waals surface area contributed by atoms with Gasteiger partial charge < -0.3 is 11.1 Å². The standard InChI is InChI=1S/C11H23N3O3S/c1-4-9(7-12)18(16,17)14-6-5-11(2,8-14)10(15)13-3/h9H,4-8,12H2,1-3H3,(H,13,15). The molecule has 18 heavy (non-hydrogen) atoms. The summed E-state index contributed by atoms with van der Waals surface area (Å²) in [6.45, 7) is 4.36. The number of nitrogens with zero attached hydrogens (tertiary/aromatic N) is 1. The van der Waals surface area contributed by atoms with Crippen molar-refractivity contribution in [3.05, 3.63) is 0 Å². The first-order chi connectivity index (χ1) is 8.31. The highest BCUT2D eigenvalue weighted by molar-refractivity contribution is 7.89. The maximum Gasteiger partial charge on any atom is 0.227 e. The first kappa shape index (κ1) is 15.4. The number of amides is 1. The second-order valence-corrected chi connectivity index (χ2v) is 7.25. The highest BCUT2D eigenvalue weighted by atomic mass is 32.2. The van der Waals surface area contributed by atoms with Crippen LogP contribution in [0.15, 0.2) is 0 Å². The van der Waals surface area contributed by atoms with Crippen LogP contribution in [0.5, 0.6) is 0 Å². The van der Waals surface area contributed by atoms with Gasteiger partial charge in [-0.15, -0.1) is 0 Å². The molecule has 6 nitrogen and oxygen atoms in total. The minimum absolute atomic E-state index is 0.110. The van der Waals surface area contributed by atoms with Crippen LogP contribution in [0, 0.1) is 5.41 Å². The van der Waals surface area contributed by atoms with Gasteiger partial charge in [0.05, 0.1) is 10.7 Å². The van der Waals surface area contributed by atoms with Crippen LogP contribution in [0.2, 0.25) is 0 Å². The molecule has 0 aromatic carbocycles. The van der Waals surface area contributed by atoms with E-state index in [0.717, 1.165) is 0 Å².